The summed E-state index contributed by atoms with van der Waals surface area (Å²) in [6.45, 7) is -0.490. The average molecular weight is 302 g/mol. The van der Waals surface area contributed by atoms with Crippen LogP contribution in [0.25, 0.3) is 0 Å². The van der Waals surface area contributed by atoms with Crippen molar-refractivity contribution in [2.24, 2.45) is 0 Å². The fraction of sp³-hybridized carbons (Fsp3) is 0.538. The van der Waals surface area contributed by atoms with Crippen molar-refractivity contribution >= 4 is 11.8 Å². The third-order valence-electron chi connectivity index (χ3n) is 3.21. The van der Waals surface area contributed by atoms with Crippen LogP contribution in [0.5, 0.6) is 0 Å². The van der Waals surface area contributed by atoms with E-state index in [4.69, 9.17) is 14.9 Å². The van der Waals surface area contributed by atoms with Gasteiger partial charge in [-0.05, 0) is 17.7 Å². The molecule has 5 N–H and O–H groups in total. The first-order valence-corrected chi connectivity index (χ1v) is 7.11. The van der Waals surface area contributed by atoms with Crippen molar-refractivity contribution in [3.05, 3.63) is 29.8 Å². The topological polar surface area (TPSA) is 110 Å². The molecule has 1 heterocycles. The molecule has 1 aromatic rings. The molecule has 0 saturated carbocycles. The molecule has 2 rings (SSSR count). The number of rotatable bonds is 4. The van der Waals surface area contributed by atoms with Gasteiger partial charge in [0.05, 0.1) is 13.2 Å². The molecule has 1 saturated heterocycles. The van der Waals surface area contributed by atoms with Crippen molar-refractivity contribution in [2.75, 3.05) is 6.61 Å². The van der Waals surface area contributed by atoms with Gasteiger partial charge in [-0.3, -0.25) is 0 Å². The molecule has 5 atom stereocenters. The Hall–Kier alpha value is -0.670. The molecule has 0 bridgehead atoms. The summed E-state index contributed by atoms with van der Waals surface area (Å²) in [5, 5.41) is 47.3. The van der Waals surface area contributed by atoms with E-state index in [9.17, 15) is 15.3 Å². The first-order valence-electron chi connectivity index (χ1n) is 6.23. The molecule has 1 aromatic carbocycles. The van der Waals surface area contributed by atoms with Crippen LogP contribution in [0.15, 0.2) is 29.2 Å². The van der Waals surface area contributed by atoms with Crippen molar-refractivity contribution < 1.29 is 30.3 Å². The molecule has 0 aromatic heterocycles. The van der Waals surface area contributed by atoms with E-state index < -0.39 is 36.5 Å². The monoisotopic (exact) mass is 302 g/mol. The predicted octanol–water partition coefficient (Wildman–Crippen LogP) is -0.929. The van der Waals surface area contributed by atoms with Crippen LogP contribution < -0.4 is 0 Å². The van der Waals surface area contributed by atoms with E-state index in [0.29, 0.717) is 0 Å². The Morgan fingerprint density at radius 2 is 1.60 bits per heavy atom. The Labute approximate surface area is 120 Å². The number of thioether (sulfide) groups is 1. The molecule has 0 radical (unpaired) electrons. The Balaban J connectivity index is 2.06. The molecule has 7 heteroatoms. The lowest BCUT2D eigenvalue weighted by Gasteiger charge is -2.39. The summed E-state index contributed by atoms with van der Waals surface area (Å²) in [4.78, 5) is 0.784. The highest BCUT2D eigenvalue weighted by Gasteiger charge is 2.43. The van der Waals surface area contributed by atoms with Crippen LogP contribution in [0, 0.1) is 0 Å². The number of aliphatic hydroxyl groups is 5. The van der Waals surface area contributed by atoms with Gasteiger partial charge in [0.15, 0.2) is 0 Å². The highest BCUT2D eigenvalue weighted by atomic mass is 32.2. The third kappa shape index (κ3) is 3.32. The van der Waals surface area contributed by atoms with Crippen LogP contribution in [0.1, 0.15) is 5.56 Å². The lowest BCUT2D eigenvalue weighted by molar-refractivity contribution is -0.205. The lowest BCUT2D eigenvalue weighted by atomic mass is 10.0. The summed E-state index contributed by atoms with van der Waals surface area (Å²) in [6.07, 6.45) is -4.86. The summed E-state index contributed by atoms with van der Waals surface area (Å²) < 4.78 is 5.39. The van der Waals surface area contributed by atoms with Gasteiger partial charge in [-0.1, -0.05) is 23.9 Å². The first-order chi connectivity index (χ1) is 9.56. The standard InChI is InChI=1S/C13H18O6S/c14-5-7-1-3-8(4-2-7)20-13-12(18)11(17)10(16)9(6-15)19-13/h1-4,9-18H,5-6H2/t9-,10-,11+,12-,13+/m1/s1. The van der Waals surface area contributed by atoms with E-state index in [0.717, 1.165) is 10.5 Å². The number of benzene rings is 1. The summed E-state index contributed by atoms with van der Waals surface area (Å²) in [6, 6.07) is 7.01. The van der Waals surface area contributed by atoms with E-state index in [2.05, 4.69) is 0 Å². The van der Waals surface area contributed by atoms with Crippen LogP contribution in [0.3, 0.4) is 0 Å². The van der Waals surface area contributed by atoms with Crippen molar-refractivity contribution in [3.8, 4) is 0 Å². The van der Waals surface area contributed by atoms with Gasteiger partial charge in [-0.15, -0.1) is 0 Å². The highest BCUT2D eigenvalue weighted by molar-refractivity contribution is 7.99. The molecule has 20 heavy (non-hydrogen) atoms. The van der Waals surface area contributed by atoms with Crippen molar-refractivity contribution in [3.63, 3.8) is 0 Å². The van der Waals surface area contributed by atoms with Crippen molar-refractivity contribution in [1.29, 1.82) is 0 Å². The van der Waals surface area contributed by atoms with Crippen LogP contribution in [-0.4, -0.2) is 62.0 Å². The van der Waals surface area contributed by atoms with Crippen LogP contribution >= 0.6 is 11.8 Å². The fourth-order valence-electron chi connectivity index (χ4n) is 1.97. The van der Waals surface area contributed by atoms with Gasteiger partial charge in [-0.25, -0.2) is 0 Å². The largest absolute Gasteiger partial charge is 0.394 e. The van der Waals surface area contributed by atoms with E-state index in [1.54, 1.807) is 24.3 Å². The average Bonchev–Trinajstić information content (AvgIpc) is 2.48. The van der Waals surface area contributed by atoms with Gasteiger partial charge < -0.3 is 30.3 Å². The van der Waals surface area contributed by atoms with Crippen molar-refractivity contribution in [2.45, 2.75) is 41.4 Å². The second-order valence-electron chi connectivity index (χ2n) is 4.62. The second-order valence-corrected chi connectivity index (χ2v) is 5.79. The summed E-state index contributed by atoms with van der Waals surface area (Å²) in [7, 11) is 0. The minimum absolute atomic E-state index is 0.0506. The maximum absolute atomic E-state index is 9.91. The minimum Gasteiger partial charge on any atom is -0.394 e. The number of hydrogen-bond donors (Lipinski definition) is 5. The van der Waals surface area contributed by atoms with E-state index in [-0.39, 0.29) is 6.61 Å². The molecular weight excluding hydrogens is 284 g/mol. The zero-order valence-corrected chi connectivity index (χ0v) is 11.5. The van der Waals surface area contributed by atoms with Gasteiger partial charge in [-0.2, -0.15) is 0 Å². The SMILES string of the molecule is OCc1ccc(S[C@@H]2O[C@H](CO)[C@@H](O)[C@H](O)[C@H]2O)cc1. The van der Waals surface area contributed by atoms with Crippen LogP contribution in [-0.2, 0) is 11.3 Å². The maximum Gasteiger partial charge on any atom is 0.136 e. The first kappa shape index (κ1) is 15.7. The Kier molecular flexibility index (Phi) is 5.39. The zero-order valence-electron chi connectivity index (χ0n) is 10.7. The molecule has 1 aliphatic heterocycles. The van der Waals surface area contributed by atoms with Gasteiger partial charge in [0.2, 0.25) is 0 Å². The zero-order chi connectivity index (χ0) is 14.7. The number of aliphatic hydroxyl groups excluding tert-OH is 5. The fourth-order valence-corrected chi connectivity index (χ4v) is 3.03. The number of ether oxygens (including phenoxy) is 1. The normalized spacial score (nSPS) is 34.1. The van der Waals surface area contributed by atoms with Crippen LogP contribution in [0.4, 0.5) is 0 Å². The third-order valence-corrected chi connectivity index (χ3v) is 4.37. The molecule has 1 fully saturated rings. The molecule has 6 nitrogen and oxygen atoms in total. The summed E-state index contributed by atoms with van der Waals surface area (Å²) in [5.41, 5.74) is -0.0197. The summed E-state index contributed by atoms with van der Waals surface area (Å²) >= 11 is 1.18. The maximum atomic E-state index is 9.91. The molecule has 0 spiro atoms. The molecule has 112 valence electrons. The van der Waals surface area contributed by atoms with Gasteiger partial charge >= 0.3 is 0 Å². The lowest BCUT2D eigenvalue weighted by Crippen LogP contribution is -2.57. The molecule has 0 unspecified atom stereocenters. The summed E-state index contributed by atoms with van der Waals surface area (Å²) in [5.74, 6) is 0. The smallest absolute Gasteiger partial charge is 0.136 e. The molecular formula is C13H18O6S. The van der Waals surface area contributed by atoms with Crippen LogP contribution in [0.2, 0.25) is 0 Å². The van der Waals surface area contributed by atoms with E-state index in [1.807, 2.05) is 0 Å². The second kappa shape index (κ2) is 6.86. The predicted molar refractivity (Wildman–Crippen MR) is 72.0 cm³/mol. The number of hydrogen-bond acceptors (Lipinski definition) is 7. The van der Waals surface area contributed by atoms with Crippen molar-refractivity contribution in [1.82, 2.24) is 0 Å². The molecule has 0 aliphatic carbocycles. The molecule has 1 aliphatic rings. The quantitative estimate of drug-likeness (QED) is 0.489. The Morgan fingerprint density at radius 3 is 2.15 bits per heavy atom. The molecule has 0 amide bonds. The Morgan fingerprint density at radius 1 is 0.950 bits per heavy atom. The van der Waals surface area contributed by atoms with E-state index >= 15 is 0 Å². The van der Waals surface area contributed by atoms with E-state index in [1.165, 1.54) is 11.8 Å². The Bertz CT molecular complexity index is 423. The minimum atomic E-state index is -1.37. The van der Waals surface area contributed by atoms with Gasteiger partial charge in [0.25, 0.3) is 0 Å². The van der Waals surface area contributed by atoms with Gasteiger partial charge in [0, 0.05) is 4.90 Å². The van der Waals surface area contributed by atoms with Gasteiger partial charge in [0.1, 0.15) is 29.9 Å². The highest BCUT2D eigenvalue weighted by Crippen LogP contribution is 2.33.